The van der Waals surface area contributed by atoms with Crippen LogP contribution in [0.5, 0.6) is 0 Å². The molecule has 0 heterocycles. The lowest BCUT2D eigenvalue weighted by atomic mass is 9.71. The van der Waals surface area contributed by atoms with E-state index in [1.54, 1.807) is 0 Å². The number of benzene rings is 2. The number of hydrogen-bond donors (Lipinski definition) is 0. The second-order valence-electron chi connectivity index (χ2n) is 9.35. The van der Waals surface area contributed by atoms with Crippen molar-refractivity contribution in [2.24, 2.45) is 17.8 Å². The Morgan fingerprint density at radius 3 is 1.97 bits per heavy atom. The zero-order valence-corrected chi connectivity index (χ0v) is 18.7. The summed E-state index contributed by atoms with van der Waals surface area (Å²) in [5.41, 5.74) is 5.37. The highest BCUT2D eigenvalue weighted by atomic mass is 14.3. The van der Waals surface area contributed by atoms with Gasteiger partial charge in [0.15, 0.2) is 0 Å². The lowest BCUT2D eigenvalue weighted by Gasteiger charge is -2.35. The molecule has 2 aliphatic carbocycles. The molecule has 2 aromatic carbocycles. The maximum atomic E-state index is 8.94. The summed E-state index contributed by atoms with van der Waals surface area (Å²) >= 11 is 0. The van der Waals surface area contributed by atoms with E-state index in [2.05, 4.69) is 55.2 Å². The summed E-state index contributed by atoms with van der Waals surface area (Å²) < 4.78 is 0. The molecule has 0 amide bonds. The molecule has 0 aliphatic heterocycles. The van der Waals surface area contributed by atoms with E-state index in [4.69, 9.17) is 5.26 Å². The van der Waals surface area contributed by atoms with Gasteiger partial charge in [0.05, 0.1) is 11.6 Å². The normalized spacial score (nSPS) is 23.2. The van der Waals surface area contributed by atoms with Crippen molar-refractivity contribution in [3.63, 3.8) is 0 Å². The molecule has 1 unspecified atom stereocenters. The van der Waals surface area contributed by atoms with Crippen LogP contribution in [0.25, 0.3) is 11.1 Å². The molecule has 1 nitrogen and oxygen atoms in total. The molecular weight excluding hydrogens is 374 g/mol. The van der Waals surface area contributed by atoms with Crippen molar-refractivity contribution in [3.8, 4) is 29.0 Å². The minimum absolute atomic E-state index is 0.693. The number of nitrogens with zero attached hydrogens (tertiary/aromatic N) is 1. The molecular formula is C30H33N. The van der Waals surface area contributed by atoms with Gasteiger partial charge in [-0.3, -0.25) is 0 Å². The van der Waals surface area contributed by atoms with Crippen LogP contribution in [0.15, 0.2) is 60.2 Å². The first kappa shape index (κ1) is 21.5. The van der Waals surface area contributed by atoms with E-state index >= 15 is 0 Å². The predicted octanol–water partition coefficient (Wildman–Crippen LogP) is 7.91. The molecule has 1 heteroatoms. The standard InChI is InChI=1S/C30H33N/c1-2-3-23-6-14-27(15-7-23)28-16-8-24(9-17-28)4-5-25-10-18-29(19-11-25)30-20-12-26(22-31)13-21-30/h8,10-13,18-21,23,27-28H,2-3,6-7,9,14-17H2,1H3. The van der Waals surface area contributed by atoms with E-state index in [9.17, 15) is 0 Å². The smallest absolute Gasteiger partial charge is 0.0991 e. The van der Waals surface area contributed by atoms with Gasteiger partial charge in [0.1, 0.15) is 0 Å². The number of nitriles is 1. The number of hydrogen-bond acceptors (Lipinski definition) is 1. The van der Waals surface area contributed by atoms with Crippen molar-refractivity contribution >= 4 is 0 Å². The molecule has 0 radical (unpaired) electrons. The van der Waals surface area contributed by atoms with Crippen molar-refractivity contribution in [1.82, 2.24) is 0 Å². The molecule has 2 aliphatic rings. The lowest BCUT2D eigenvalue weighted by molar-refractivity contribution is 0.187. The summed E-state index contributed by atoms with van der Waals surface area (Å²) in [6.45, 7) is 2.32. The van der Waals surface area contributed by atoms with Crippen LogP contribution in [0.3, 0.4) is 0 Å². The van der Waals surface area contributed by atoms with Gasteiger partial charge >= 0.3 is 0 Å². The maximum absolute atomic E-state index is 8.94. The highest BCUT2D eigenvalue weighted by Gasteiger charge is 2.28. The van der Waals surface area contributed by atoms with Crippen LogP contribution in [0.4, 0.5) is 0 Å². The van der Waals surface area contributed by atoms with Crippen molar-refractivity contribution in [2.45, 2.75) is 64.7 Å². The Morgan fingerprint density at radius 1 is 0.774 bits per heavy atom. The van der Waals surface area contributed by atoms with Crippen LogP contribution < -0.4 is 0 Å². The van der Waals surface area contributed by atoms with Gasteiger partial charge in [-0.05, 0) is 90.8 Å². The third kappa shape index (κ3) is 5.68. The third-order valence-electron chi connectivity index (χ3n) is 7.31. The minimum Gasteiger partial charge on any atom is -0.192 e. The van der Waals surface area contributed by atoms with E-state index in [1.807, 2.05) is 24.3 Å². The topological polar surface area (TPSA) is 23.8 Å². The second kappa shape index (κ2) is 10.5. The van der Waals surface area contributed by atoms with Crippen molar-refractivity contribution < 1.29 is 0 Å². The molecule has 1 saturated carbocycles. The van der Waals surface area contributed by atoms with Gasteiger partial charge in [0.2, 0.25) is 0 Å². The summed E-state index contributed by atoms with van der Waals surface area (Å²) in [6.07, 6.45) is 14.7. The summed E-state index contributed by atoms with van der Waals surface area (Å²) in [7, 11) is 0. The molecule has 0 bridgehead atoms. The van der Waals surface area contributed by atoms with Crippen LogP contribution >= 0.6 is 0 Å². The van der Waals surface area contributed by atoms with E-state index in [1.165, 1.54) is 56.9 Å². The Hall–Kier alpha value is -2.77. The fraction of sp³-hybridized carbons (Fsp3) is 0.433. The first-order valence-electron chi connectivity index (χ1n) is 12.1. The summed E-state index contributed by atoms with van der Waals surface area (Å²) in [5.74, 6) is 9.64. The molecule has 1 fully saturated rings. The molecule has 0 saturated heterocycles. The summed E-state index contributed by atoms with van der Waals surface area (Å²) in [5, 5.41) is 8.94. The molecule has 158 valence electrons. The zero-order valence-electron chi connectivity index (χ0n) is 18.7. The van der Waals surface area contributed by atoms with Crippen molar-refractivity contribution in [1.29, 1.82) is 5.26 Å². The molecule has 31 heavy (non-hydrogen) atoms. The maximum Gasteiger partial charge on any atom is 0.0991 e. The Morgan fingerprint density at radius 2 is 1.42 bits per heavy atom. The average molecular weight is 408 g/mol. The quantitative estimate of drug-likeness (QED) is 0.472. The summed E-state index contributed by atoms with van der Waals surface area (Å²) in [4.78, 5) is 0. The molecule has 0 N–H and O–H groups in total. The van der Waals surface area contributed by atoms with Crippen molar-refractivity contribution in [2.75, 3.05) is 0 Å². The Balaban J connectivity index is 1.31. The van der Waals surface area contributed by atoms with Gasteiger partial charge in [-0.1, -0.05) is 74.8 Å². The van der Waals surface area contributed by atoms with Crippen LogP contribution in [0.1, 0.15) is 75.8 Å². The van der Waals surface area contributed by atoms with Gasteiger partial charge in [0.25, 0.3) is 0 Å². The summed E-state index contributed by atoms with van der Waals surface area (Å²) in [6, 6.07) is 18.3. The van der Waals surface area contributed by atoms with Crippen LogP contribution in [-0.2, 0) is 0 Å². The van der Waals surface area contributed by atoms with E-state index in [0.717, 1.165) is 40.9 Å². The van der Waals surface area contributed by atoms with Crippen LogP contribution in [-0.4, -0.2) is 0 Å². The SMILES string of the molecule is CCCC1CCC(C2CC=C(C#Cc3ccc(-c4ccc(C#N)cc4)cc3)CC2)CC1. The monoisotopic (exact) mass is 407 g/mol. The van der Waals surface area contributed by atoms with Gasteiger partial charge < -0.3 is 0 Å². The molecule has 4 rings (SSSR count). The Kier molecular flexibility index (Phi) is 7.27. The van der Waals surface area contributed by atoms with Gasteiger partial charge in [-0.15, -0.1) is 0 Å². The average Bonchev–Trinajstić information content (AvgIpc) is 2.84. The molecule has 0 spiro atoms. The largest absolute Gasteiger partial charge is 0.192 e. The zero-order chi connectivity index (χ0) is 21.5. The third-order valence-corrected chi connectivity index (χ3v) is 7.31. The fourth-order valence-corrected chi connectivity index (χ4v) is 5.39. The highest BCUT2D eigenvalue weighted by molar-refractivity contribution is 5.65. The first-order valence-corrected chi connectivity index (χ1v) is 12.1. The lowest BCUT2D eigenvalue weighted by Crippen LogP contribution is -2.23. The van der Waals surface area contributed by atoms with Gasteiger partial charge in [0, 0.05) is 5.56 Å². The van der Waals surface area contributed by atoms with Crippen LogP contribution in [0, 0.1) is 40.9 Å². The number of rotatable bonds is 4. The first-order chi connectivity index (χ1) is 15.2. The van der Waals surface area contributed by atoms with E-state index in [-0.39, 0.29) is 0 Å². The number of allylic oxidation sites excluding steroid dienone is 2. The molecule has 0 aromatic heterocycles. The second-order valence-corrected chi connectivity index (χ2v) is 9.35. The molecule has 1 atom stereocenters. The van der Waals surface area contributed by atoms with Crippen LogP contribution in [0.2, 0.25) is 0 Å². The predicted molar refractivity (Wildman–Crippen MR) is 129 cm³/mol. The molecule has 2 aromatic rings. The fourth-order valence-electron chi connectivity index (χ4n) is 5.39. The minimum atomic E-state index is 0.693. The van der Waals surface area contributed by atoms with Gasteiger partial charge in [-0.25, -0.2) is 0 Å². The van der Waals surface area contributed by atoms with Crippen molar-refractivity contribution in [3.05, 3.63) is 71.3 Å². The van der Waals surface area contributed by atoms with E-state index < -0.39 is 0 Å². The van der Waals surface area contributed by atoms with Gasteiger partial charge in [-0.2, -0.15) is 5.26 Å². The highest BCUT2D eigenvalue weighted by Crippen LogP contribution is 2.40. The Bertz CT molecular complexity index is 984. The Labute approximate surface area is 188 Å². The van der Waals surface area contributed by atoms with E-state index in [0.29, 0.717) is 5.56 Å².